The van der Waals surface area contributed by atoms with Crippen molar-refractivity contribution in [2.75, 3.05) is 19.0 Å². The van der Waals surface area contributed by atoms with Crippen molar-refractivity contribution in [2.45, 2.75) is 17.9 Å². The lowest BCUT2D eigenvalue weighted by Gasteiger charge is -2.16. The summed E-state index contributed by atoms with van der Waals surface area (Å²) >= 11 is 11.6. The molecule has 1 fully saturated rings. The number of hydrogen-bond acceptors (Lipinski definition) is 3. The van der Waals surface area contributed by atoms with Gasteiger partial charge >= 0.3 is 0 Å². The minimum absolute atomic E-state index is 0.0655. The van der Waals surface area contributed by atoms with Gasteiger partial charge in [0.2, 0.25) is 0 Å². The fourth-order valence-electron chi connectivity index (χ4n) is 2.22. The van der Waals surface area contributed by atoms with E-state index >= 15 is 0 Å². The van der Waals surface area contributed by atoms with E-state index in [0.29, 0.717) is 24.9 Å². The largest absolute Gasteiger partial charge is 0.261 e. The van der Waals surface area contributed by atoms with Gasteiger partial charge < -0.3 is 0 Å². The number of nitrogens with zero attached hydrogens (tertiary/aromatic N) is 3. The predicted octanol–water partition coefficient (Wildman–Crippen LogP) is 1.71. The molecule has 18 heavy (non-hydrogen) atoms. The molecule has 1 aromatic rings. The molecule has 0 bridgehead atoms. The summed E-state index contributed by atoms with van der Waals surface area (Å²) in [5, 5.41) is 4.10. The molecule has 0 amide bonds. The SMILES string of the molecule is Cn1ncc(Cl)c1S(=O)(=O)N1CCC(CCCl)C1. The van der Waals surface area contributed by atoms with Crippen LogP contribution in [0.1, 0.15) is 12.8 Å². The molecule has 102 valence electrons. The molecule has 2 heterocycles. The number of aryl methyl sites for hydroxylation is 1. The van der Waals surface area contributed by atoms with Crippen LogP contribution in [0.2, 0.25) is 5.02 Å². The van der Waals surface area contributed by atoms with Crippen molar-refractivity contribution >= 4 is 33.2 Å². The van der Waals surface area contributed by atoms with E-state index in [2.05, 4.69) is 5.10 Å². The monoisotopic (exact) mass is 311 g/mol. The fourth-order valence-corrected chi connectivity index (χ4v) is 4.66. The Bertz CT molecular complexity index is 510. The van der Waals surface area contributed by atoms with Crippen molar-refractivity contribution in [3.05, 3.63) is 11.2 Å². The van der Waals surface area contributed by atoms with Gasteiger partial charge in [-0.3, -0.25) is 4.68 Å². The average molecular weight is 312 g/mol. The van der Waals surface area contributed by atoms with E-state index in [0.717, 1.165) is 12.8 Å². The van der Waals surface area contributed by atoms with Crippen LogP contribution in [0, 0.1) is 5.92 Å². The summed E-state index contributed by atoms with van der Waals surface area (Å²) in [6.45, 7) is 1.03. The van der Waals surface area contributed by atoms with Crippen LogP contribution >= 0.6 is 23.2 Å². The summed E-state index contributed by atoms with van der Waals surface area (Å²) < 4.78 is 27.6. The molecule has 0 radical (unpaired) electrons. The van der Waals surface area contributed by atoms with E-state index in [4.69, 9.17) is 23.2 Å². The van der Waals surface area contributed by atoms with Gasteiger partial charge in [0.05, 0.1) is 11.2 Å². The smallest absolute Gasteiger partial charge is 0.255 e. The topological polar surface area (TPSA) is 55.2 Å². The lowest BCUT2D eigenvalue weighted by atomic mass is 10.1. The molecule has 0 N–H and O–H groups in total. The second kappa shape index (κ2) is 5.36. The second-order valence-electron chi connectivity index (χ2n) is 4.42. The van der Waals surface area contributed by atoms with Gasteiger partial charge in [-0.2, -0.15) is 9.40 Å². The quantitative estimate of drug-likeness (QED) is 0.795. The zero-order chi connectivity index (χ0) is 13.3. The van der Waals surface area contributed by atoms with Gasteiger partial charge in [-0.15, -0.1) is 11.6 Å². The van der Waals surface area contributed by atoms with Crippen LogP contribution in [0.4, 0.5) is 0 Å². The normalized spacial score (nSPS) is 21.6. The van der Waals surface area contributed by atoms with Gasteiger partial charge in [-0.05, 0) is 18.8 Å². The molecule has 0 saturated carbocycles. The number of rotatable bonds is 4. The molecule has 1 atom stereocenters. The van der Waals surface area contributed by atoms with Crippen LogP contribution in [0.5, 0.6) is 0 Å². The van der Waals surface area contributed by atoms with Crippen molar-refractivity contribution < 1.29 is 8.42 Å². The summed E-state index contributed by atoms with van der Waals surface area (Å²) in [5.74, 6) is 0.898. The first-order valence-electron chi connectivity index (χ1n) is 5.70. The molecule has 2 rings (SSSR count). The molecule has 5 nitrogen and oxygen atoms in total. The lowest BCUT2D eigenvalue weighted by molar-refractivity contribution is 0.446. The van der Waals surface area contributed by atoms with Crippen molar-refractivity contribution in [3.63, 3.8) is 0 Å². The van der Waals surface area contributed by atoms with Crippen molar-refractivity contribution in [1.82, 2.24) is 14.1 Å². The Hall–Kier alpha value is -0.300. The predicted molar refractivity (Wildman–Crippen MR) is 70.4 cm³/mol. The Balaban J connectivity index is 2.23. The highest BCUT2D eigenvalue weighted by Gasteiger charge is 2.35. The Kier molecular flexibility index (Phi) is 4.21. The Labute approximate surface area is 117 Å². The average Bonchev–Trinajstić information content (AvgIpc) is 2.87. The third-order valence-electron chi connectivity index (χ3n) is 3.19. The van der Waals surface area contributed by atoms with E-state index in [-0.39, 0.29) is 10.0 Å². The number of halogens is 2. The highest BCUT2D eigenvalue weighted by atomic mass is 35.5. The van der Waals surface area contributed by atoms with Crippen LogP contribution < -0.4 is 0 Å². The fraction of sp³-hybridized carbons (Fsp3) is 0.700. The van der Waals surface area contributed by atoms with E-state index < -0.39 is 10.0 Å². The van der Waals surface area contributed by atoms with E-state index in [1.54, 1.807) is 7.05 Å². The maximum Gasteiger partial charge on any atom is 0.261 e. The minimum Gasteiger partial charge on any atom is -0.255 e. The molecule has 1 aliphatic rings. The summed E-state index contributed by atoms with van der Waals surface area (Å²) in [6.07, 6.45) is 3.04. The highest BCUT2D eigenvalue weighted by Crippen LogP contribution is 2.29. The van der Waals surface area contributed by atoms with Crippen molar-refractivity contribution in [3.8, 4) is 0 Å². The van der Waals surface area contributed by atoms with Crippen molar-refractivity contribution in [2.24, 2.45) is 13.0 Å². The highest BCUT2D eigenvalue weighted by molar-refractivity contribution is 7.89. The van der Waals surface area contributed by atoms with Crippen molar-refractivity contribution in [1.29, 1.82) is 0 Å². The molecule has 0 aliphatic carbocycles. The number of sulfonamides is 1. The Morgan fingerprint density at radius 2 is 2.28 bits per heavy atom. The third kappa shape index (κ3) is 2.52. The van der Waals surface area contributed by atoms with Gasteiger partial charge in [0.25, 0.3) is 10.0 Å². The molecule has 8 heteroatoms. The summed E-state index contributed by atoms with van der Waals surface area (Å²) in [5.41, 5.74) is 0. The zero-order valence-electron chi connectivity index (χ0n) is 10.0. The number of aromatic nitrogens is 2. The van der Waals surface area contributed by atoms with Gasteiger partial charge in [0.15, 0.2) is 5.03 Å². The lowest BCUT2D eigenvalue weighted by Crippen LogP contribution is -2.30. The third-order valence-corrected chi connectivity index (χ3v) is 5.78. The van der Waals surface area contributed by atoms with Crippen LogP contribution in [0.15, 0.2) is 11.2 Å². The summed E-state index contributed by atoms with van der Waals surface area (Å²) in [7, 11) is -1.97. The van der Waals surface area contributed by atoms with E-state index in [1.807, 2.05) is 0 Å². The molecule has 1 aromatic heterocycles. The maximum absolute atomic E-state index is 12.4. The first-order chi connectivity index (χ1) is 8.46. The number of alkyl halides is 1. The second-order valence-corrected chi connectivity index (χ2v) is 7.06. The van der Waals surface area contributed by atoms with Gasteiger partial charge in [0, 0.05) is 26.0 Å². The molecule has 1 unspecified atom stereocenters. The molecule has 1 aliphatic heterocycles. The molecular formula is C10H15Cl2N3O2S. The molecule has 1 saturated heterocycles. The first-order valence-corrected chi connectivity index (χ1v) is 8.05. The zero-order valence-corrected chi connectivity index (χ0v) is 12.3. The van der Waals surface area contributed by atoms with Gasteiger partial charge in [-0.25, -0.2) is 8.42 Å². The molecule has 0 spiro atoms. The van der Waals surface area contributed by atoms with E-state index in [1.165, 1.54) is 15.2 Å². The maximum atomic E-state index is 12.4. The van der Waals surface area contributed by atoms with Crippen LogP contribution in [0.25, 0.3) is 0 Å². The minimum atomic E-state index is -3.55. The van der Waals surface area contributed by atoms with Gasteiger partial charge in [0.1, 0.15) is 0 Å². The molecular weight excluding hydrogens is 297 g/mol. The standard InChI is InChI=1S/C10H15Cl2N3O2S/c1-14-10(9(12)6-13-14)18(16,17)15-5-3-8(7-15)2-4-11/h6,8H,2-5,7H2,1H3. The van der Waals surface area contributed by atoms with E-state index in [9.17, 15) is 8.42 Å². The number of hydrogen-bond donors (Lipinski definition) is 0. The van der Waals surface area contributed by atoms with Crippen LogP contribution in [-0.2, 0) is 17.1 Å². The molecule has 0 aromatic carbocycles. The first kappa shape index (κ1) is 14.1. The Morgan fingerprint density at radius 1 is 1.56 bits per heavy atom. The Morgan fingerprint density at radius 3 is 2.83 bits per heavy atom. The summed E-state index contributed by atoms with van der Waals surface area (Å²) in [4.78, 5) is 0. The van der Waals surface area contributed by atoms with Gasteiger partial charge in [-0.1, -0.05) is 11.6 Å². The van der Waals surface area contributed by atoms with Crippen LogP contribution in [-0.4, -0.2) is 41.5 Å². The summed E-state index contributed by atoms with van der Waals surface area (Å²) in [6, 6.07) is 0. The van der Waals surface area contributed by atoms with Crippen LogP contribution in [0.3, 0.4) is 0 Å².